The zero-order valence-corrected chi connectivity index (χ0v) is 12.7. The zero-order valence-electron chi connectivity index (χ0n) is 12.7. The number of nitrogens with one attached hydrogen (secondary N) is 1. The molecule has 0 aliphatic heterocycles. The Hall–Kier alpha value is -1.13. The van der Waals surface area contributed by atoms with Crippen molar-refractivity contribution in [3.8, 4) is 5.75 Å². The molecule has 0 radical (unpaired) electrons. The lowest BCUT2D eigenvalue weighted by Gasteiger charge is -2.15. The second-order valence-electron chi connectivity index (χ2n) is 4.89. The van der Waals surface area contributed by atoms with Crippen LogP contribution in [0.5, 0.6) is 5.75 Å². The van der Waals surface area contributed by atoms with Gasteiger partial charge in [0.2, 0.25) is 0 Å². The van der Waals surface area contributed by atoms with Gasteiger partial charge >= 0.3 is 0 Å². The summed E-state index contributed by atoms with van der Waals surface area (Å²) in [6.45, 7) is 6.73. The lowest BCUT2D eigenvalue weighted by atomic mass is 10.1. The summed E-state index contributed by atoms with van der Waals surface area (Å²) in [7, 11) is 1.48. The fourth-order valence-corrected chi connectivity index (χ4v) is 1.90. The van der Waals surface area contributed by atoms with Gasteiger partial charge in [0.15, 0.2) is 11.6 Å². The Morgan fingerprint density at radius 3 is 2.70 bits per heavy atom. The van der Waals surface area contributed by atoms with E-state index in [-0.39, 0.29) is 11.9 Å². The molecule has 1 unspecified atom stereocenters. The van der Waals surface area contributed by atoms with Crippen molar-refractivity contribution < 1.29 is 13.9 Å². The van der Waals surface area contributed by atoms with Crippen LogP contribution in [0.25, 0.3) is 0 Å². The molecule has 0 heterocycles. The third-order valence-electron chi connectivity index (χ3n) is 3.23. The number of ether oxygens (including phenoxy) is 2. The van der Waals surface area contributed by atoms with Crippen LogP contribution in [0.15, 0.2) is 18.2 Å². The van der Waals surface area contributed by atoms with Gasteiger partial charge < -0.3 is 14.8 Å². The maximum absolute atomic E-state index is 13.3. The summed E-state index contributed by atoms with van der Waals surface area (Å²) in [6.07, 6.45) is 3.27. The van der Waals surface area contributed by atoms with Crippen LogP contribution < -0.4 is 10.1 Å². The van der Waals surface area contributed by atoms with Crippen LogP contribution in [-0.2, 0) is 4.74 Å². The van der Waals surface area contributed by atoms with Gasteiger partial charge in [-0.25, -0.2) is 4.39 Å². The summed E-state index contributed by atoms with van der Waals surface area (Å²) < 4.78 is 23.8. The van der Waals surface area contributed by atoms with Gasteiger partial charge in [0.1, 0.15) is 0 Å². The number of hydrogen-bond donors (Lipinski definition) is 1. The third kappa shape index (κ3) is 5.88. The molecule has 1 rings (SSSR count). The van der Waals surface area contributed by atoms with Crippen LogP contribution in [0.3, 0.4) is 0 Å². The van der Waals surface area contributed by atoms with Crippen LogP contribution in [0, 0.1) is 5.82 Å². The predicted molar refractivity (Wildman–Crippen MR) is 79.7 cm³/mol. The van der Waals surface area contributed by atoms with Crippen LogP contribution in [0.4, 0.5) is 4.39 Å². The quantitative estimate of drug-likeness (QED) is 0.664. The molecule has 0 fully saturated rings. The minimum atomic E-state index is -0.326. The molecule has 0 saturated heterocycles. The van der Waals surface area contributed by atoms with E-state index in [0.717, 1.165) is 38.2 Å². The van der Waals surface area contributed by atoms with E-state index in [0.29, 0.717) is 5.75 Å². The second-order valence-corrected chi connectivity index (χ2v) is 4.89. The average Bonchev–Trinajstić information content (AvgIpc) is 2.46. The molecule has 0 amide bonds. The average molecular weight is 283 g/mol. The first-order valence-electron chi connectivity index (χ1n) is 7.33. The van der Waals surface area contributed by atoms with Gasteiger partial charge in [-0.15, -0.1) is 0 Å². The lowest BCUT2D eigenvalue weighted by Crippen LogP contribution is -2.21. The highest BCUT2D eigenvalue weighted by molar-refractivity contribution is 5.31. The molecule has 114 valence electrons. The van der Waals surface area contributed by atoms with E-state index in [1.807, 2.05) is 0 Å². The Kier molecular flexibility index (Phi) is 8.23. The number of halogens is 1. The van der Waals surface area contributed by atoms with Gasteiger partial charge in [-0.05, 0) is 44.0 Å². The molecule has 1 aromatic rings. The van der Waals surface area contributed by atoms with Crippen molar-refractivity contribution in [1.82, 2.24) is 5.32 Å². The van der Waals surface area contributed by atoms with Crippen molar-refractivity contribution in [2.24, 2.45) is 0 Å². The first-order chi connectivity index (χ1) is 9.69. The molecule has 0 saturated carbocycles. The van der Waals surface area contributed by atoms with E-state index in [1.165, 1.54) is 19.6 Å². The monoisotopic (exact) mass is 283 g/mol. The Morgan fingerprint density at radius 1 is 1.25 bits per heavy atom. The highest BCUT2D eigenvalue weighted by Gasteiger charge is 2.08. The smallest absolute Gasteiger partial charge is 0.165 e. The number of hydrogen-bond acceptors (Lipinski definition) is 3. The van der Waals surface area contributed by atoms with E-state index < -0.39 is 0 Å². The molecule has 0 aliphatic carbocycles. The van der Waals surface area contributed by atoms with Crippen molar-refractivity contribution in [2.75, 3.05) is 26.9 Å². The SMILES string of the molecule is CCCCOCCCNC(C)c1ccc(F)c(OC)c1. The highest BCUT2D eigenvalue weighted by atomic mass is 19.1. The topological polar surface area (TPSA) is 30.5 Å². The maximum atomic E-state index is 13.3. The Labute approximate surface area is 121 Å². The van der Waals surface area contributed by atoms with Crippen LogP contribution in [0.1, 0.15) is 44.7 Å². The molecule has 0 bridgehead atoms. The van der Waals surface area contributed by atoms with E-state index in [2.05, 4.69) is 19.2 Å². The predicted octanol–water partition coefficient (Wildman–Crippen LogP) is 3.69. The third-order valence-corrected chi connectivity index (χ3v) is 3.23. The van der Waals surface area contributed by atoms with Crippen molar-refractivity contribution in [2.45, 2.75) is 39.2 Å². The van der Waals surface area contributed by atoms with Crippen molar-refractivity contribution in [3.05, 3.63) is 29.6 Å². The summed E-state index contributed by atoms with van der Waals surface area (Å²) in [5, 5.41) is 3.40. The van der Waals surface area contributed by atoms with E-state index in [4.69, 9.17) is 9.47 Å². The largest absolute Gasteiger partial charge is 0.494 e. The molecular weight excluding hydrogens is 257 g/mol. The Morgan fingerprint density at radius 2 is 2.00 bits per heavy atom. The van der Waals surface area contributed by atoms with Crippen molar-refractivity contribution in [1.29, 1.82) is 0 Å². The summed E-state index contributed by atoms with van der Waals surface area (Å²) in [6, 6.07) is 5.14. The number of methoxy groups -OCH3 is 1. The molecule has 4 heteroatoms. The molecule has 20 heavy (non-hydrogen) atoms. The molecule has 0 spiro atoms. The Bertz CT molecular complexity index is 385. The van der Waals surface area contributed by atoms with Gasteiger partial charge in [-0.1, -0.05) is 19.4 Å². The van der Waals surface area contributed by atoms with E-state index in [9.17, 15) is 4.39 Å². The molecule has 1 N–H and O–H groups in total. The number of unbranched alkanes of at least 4 members (excludes halogenated alkanes) is 1. The fourth-order valence-electron chi connectivity index (χ4n) is 1.90. The molecular formula is C16H26FNO2. The first kappa shape index (κ1) is 16.9. The minimum Gasteiger partial charge on any atom is -0.494 e. The van der Waals surface area contributed by atoms with Gasteiger partial charge in [0, 0.05) is 19.3 Å². The van der Waals surface area contributed by atoms with Crippen LogP contribution >= 0.6 is 0 Å². The standard InChI is InChI=1S/C16H26FNO2/c1-4-5-10-20-11-6-9-18-13(2)14-7-8-15(17)16(12-14)19-3/h7-8,12-13,18H,4-6,9-11H2,1-3H3. The minimum absolute atomic E-state index is 0.167. The van der Waals surface area contributed by atoms with Gasteiger partial charge in [0.05, 0.1) is 7.11 Å². The highest BCUT2D eigenvalue weighted by Crippen LogP contribution is 2.22. The molecule has 3 nitrogen and oxygen atoms in total. The van der Waals surface area contributed by atoms with Crippen molar-refractivity contribution in [3.63, 3.8) is 0 Å². The normalized spacial score (nSPS) is 12.4. The van der Waals surface area contributed by atoms with E-state index >= 15 is 0 Å². The van der Waals surface area contributed by atoms with Crippen LogP contribution in [-0.4, -0.2) is 26.9 Å². The molecule has 0 aliphatic rings. The summed E-state index contributed by atoms with van der Waals surface area (Å²) in [5.41, 5.74) is 1.02. The summed E-state index contributed by atoms with van der Waals surface area (Å²) >= 11 is 0. The van der Waals surface area contributed by atoms with E-state index in [1.54, 1.807) is 12.1 Å². The van der Waals surface area contributed by atoms with Crippen molar-refractivity contribution >= 4 is 0 Å². The molecule has 0 aromatic heterocycles. The molecule has 1 atom stereocenters. The second kappa shape index (κ2) is 9.72. The maximum Gasteiger partial charge on any atom is 0.165 e. The van der Waals surface area contributed by atoms with Gasteiger partial charge in [0.25, 0.3) is 0 Å². The number of rotatable bonds is 10. The lowest BCUT2D eigenvalue weighted by molar-refractivity contribution is 0.128. The first-order valence-corrected chi connectivity index (χ1v) is 7.33. The summed E-state index contributed by atoms with van der Waals surface area (Å²) in [5.74, 6) is -0.0353. The van der Waals surface area contributed by atoms with Crippen LogP contribution in [0.2, 0.25) is 0 Å². The fraction of sp³-hybridized carbons (Fsp3) is 0.625. The van der Waals surface area contributed by atoms with Gasteiger partial charge in [-0.3, -0.25) is 0 Å². The zero-order chi connectivity index (χ0) is 14.8. The number of benzene rings is 1. The van der Waals surface area contributed by atoms with Gasteiger partial charge in [-0.2, -0.15) is 0 Å². The molecule has 1 aromatic carbocycles. The Balaban J connectivity index is 2.27. The summed E-state index contributed by atoms with van der Waals surface area (Å²) in [4.78, 5) is 0.